The molecule has 0 spiro atoms. The van der Waals surface area contributed by atoms with Gasteiger partial charge in [-0.3, -0.25) is 0 Å². The van der Waals surface area contributed by atoms with Gasteiger partial charge in [0.05, 0.1) is 25.3 Å². The Labute approximate surface area is 135 Å². The molecule has 0 amide bonds. The smallest absolute Gasteiger partial charge is 0.225 e. The molecule has 0 radical (unpaired) electrons. The van der Waals surface area contributed by atoms with Crippen LogP contribution in [-0.2, 0) is 0 Å². The predicted octanol–water partition coefficient (Wildman–Crippen LogP) is 2.19. The van der Waals surface area contributed by atoms with Gasteiger partial charge in [-0.1, -0.05) is 13.8 Å². The molecular formula is C16H24N4O3. The molecule has 0 fully saturated rings. The maximum Gasteiger partial charge on any atom is 0.225 e. The third-order valence-corrected chi connectivity index (χ3v) is 4.12. The van der Waals surface area contributed by atoms with Crippen molar-refractivity contribution >= 4 is 22.7 Å². The lowest BCUT2D eigenvalue weighted by Gasteiger charge is -2.25. The first-order valence-electron chi connectivity index (χ1n) is 7.61. The molecule has 0 saturated heterocycles. The molecule has 23 heavy (non-hydrogen) atoms. The third kappa shape index (κ3) is 3.56. The highest BCUT2D eigenvalue weighted by Gasteiger charge is 2.22. The zero-order valence-electron chi connectivity index (χ0n) is 14.0. The van der Waals surface area contributed by atoms with Crippen LogP contribution in [0.15, 0.2) is 12.1 Å². The van der Waals surface area contributed by atoms with E-state index in [-0.39, 0.29) is 0 Å². The minimum atomic E-state index is -0.787. The molecule has 0 saturated carbocycles. The third-order valence-electron chi connectivity index (χ3n) is 4.12. The van der Waals surface area contributed by atoms with E-state index in [0.29, 0.717) is 53.6 Å². The van der Waals surface area contributed by atoms with Crippen LogP contribution in [0.5, 0.6) is 11.5 Å². The number of nitrogens with two attached hydrogens (primary N) is 1. The summed E-state index contributed by atoms with van der Waals surface area (Å²) in [6.07, 6.45) is 1.29. The van der Waals surface area contributed by atoms with Crippen molar-refractivity contribution in [3.05, 3.63) is 12.1 Å². The van der Waals surface area contributed by atoms with E-state index in [9.17, 15) is 5.11 Å². The number of hydrogen-bond acceptors (Lipinski definition) is 7. The number of nitrogens with one attached hydrogen (secondary N) is 1. The zero-order chi connectivity index (χ0) is 17.0. The van der Waals surface area contributed by atoms with E-state index >= 15 is 0 Å². The highest BCUT2D eigenvalue weighted by Crippen LogP contribution is 2.33. The van der Waals surface area contributed by atoms with Crippen LogP contribution in [0.3, 0.4) is 0 Å². The van der Waals surface area contributed by atoms with Gasteiger partial charge in [-0.25, -0.2) is 4.98 Å². The summed E-state index contributed by atoms with van der Waals surface area (Å²) in [5.74, 6) is 1.86. The lowest BCUT2D eigenvalue weighted by molar-refractivity contribution is 0.0455. The summed E-state index contributed by atoms with van der Waals surface area (Å²) in [6, 6.07) is 3.50. The van der Waals surface area contributed by atoms with Gasteiger partial charge in [-0.05, 0) is 18.9 Å². The number of benzene rings is 1. The maximum atomic E-state index is 10.3. The fraction of sp³-hybridized carbons (Fsp3) is 0.500. The number of ether oxygens (including phenoxy) is 2. The standard InChI is InChI=1S/C16H24N4O3/c1-5-16(21,6-2)9-18-15-19-11-8-13(23-4)12(22-3)7-10(11)14(17)20-15/h7-8,21H,5-6,9H2,1-4H3,(H3,17,18,19,20). The molecule has 0 aliphatic carbocycles. The molecule has 126 valence electrons. The fourth-order valence-electron chi connectivity index (χ4n) is 2.30. The van der Waals surface area contributed by atoms with Gasteiger partial charge >= 0.3 is 0 Å². The predicted molar refractivity (Wildman–Crippen MR) is 91.1 cm³/mol. The van der Waals surface area contributed by atoms with E-state index in [2.05, 4.69) is 15.3 Å². The number of methoxy groups -OCH3 is 2. The summed E-state index contributed by atoms with van der Waals surface area (Å²) in [6.45, 7) is 4.24. The normalized spacial score (nSPS) is 11.5. The van der Waals surface area contributed by atoms with E-state index < -0.39 is 5.60 Å². The Hall–Kier alpha value is -2.28. The van der Waals surface area contributed by atoms with Gasteiger partial charge < -0.3 is 25.6 Å². The summed E-state index contributed by atoms with van der Waals surface area (Å²) in [5.41, 5.74) is 5.89. The topological polar surface area (TPSA) is 103 Å². The van der Waals surface area contributed by atoms with Crippen LogP contribution in [0.25, 0.3) is 10.9 Å². The molecular weight excluding hydrogens is 296 g/mol. The van der Waals surface area contributed by atoms with Crippen molar-refractivity contribution in [3.8, 4) is 11.5 Å². The van der Waals surface area contributed by atoms with Crippen LogP contribution in [0.2, 0.25) is 0 Å². The first-order valence-corrected chi connectivity index (χ1v) is 7.61. The Morgan fingerprint density at radius 3 is 2.30 bits per heavy atom. The van der Waals surface area contributed by atoms with E-state index in [1.54, 1.807) is 26.4 Å². The first-order chi connectivity index (χ1) is 11.0. The van der Waals surface area contributed by atoms with Crippen molar-refractivity contribution in [2.24, 2.45) is 0 Å². The molecule has 0 aliphatic rings. The minimum absolute atomic E-state index is 0.343. The number of hydrogen-bond donors (Lipinski definition) is 3. The van der Waals surface area contributed by atoms with Gasteiger partial charge in [-0.15, -0.1) is 0 Å². The number of fused-ring (bicyclic) bond motifs is 1. The zero-order valence-corrected chi connectivity index (χ0v) is 14.0. The Morgan fingerprint density at radius 1 is 1.13 bits per heavy atom. The average Bonchev–Trinajstić information content (AvgIpc) is 2.58. The van der Waals surface area contributed by atoms with Gasteiger partial charge in [-0.2, -0.15) is 4.98 Å². The molecule has 1 aromatic carbocycles. The summed E-state index contributed by atoms with van der Waals surface area (Å²) < 4.78 is 10.6. The first kappa shape index (κ1) is 17.1. The fourth-order valence-corrected chi connectivity index (χ4v) is 2.30. The van der Waals surface area contributed by atoms with Gasteiger partial charge in [0.2, 0.25) is 5.95 Å². The van der Waals surface area contributed by atoms with Gasteiger partial charge in [0.15, 0.2) is 11.5 Å². The Balaban J connectivity index is 2.37. The largest absolute Gasteiger partial charge is 0.493 e. The van der Waals surface area contributed by atoms with Crippen LogP contribution >= 0.6 is 0 Å². The van der Waals surface area contributed by atoms with E-state index in [4.69, 9.17) is 15.2 Å². The van der Waals surface area contributed by atoms with Gasteiger partial charge in [0.1, 0.15) is 5.82 Å². The lowest BCUT2D eigenvalue weighted by atomic mass is 9.98. The SMILES string of the molecule is CCC(O)(CC)CNc1nc(N)c2cc(OC)c(OC)cc2n1. The molecule has 4 N–H and O–H groups in total. The molecule has 2 rings (SSSR count). The van der Waals surface area contributed by atoms with Crippen molar-refractivity contribution < 1.29 is 14.6 Å². The van der Waals surface area contributed by atoms with Crippen molar-refractivity contribution in [2.75, 3.05) is 31.8 Å². The average molecular weight is 320 g/mol. The second-order valence-electron chi connectivity index (χ2n) is 5.44. The minimum Gasteiger partial charge on any atom is -0.493 e. The second-order valence-corrected chi connectivity index (χ2v) is 5.44. The number of nitrogens with zero attached hydrogens (tertiary/aromatic N) is 2. The quantitative estimate of drug-likeness (QED) is 0.718. The van der Waals surface area contributed by atoms with Crippen molar-refractivity contribution in [3.63, 3.8) is 0 Å². The number of rotatable bonds is 7. The Morgan fingerprint density at radius 2 is 1.74 bits per heavy atom. The molecule has 7 nitrogen and oxygen atoms in total. The monoisotopic (exact) mass is 320 g/mol. The number of anilines is 2. The Kier molecular flexibility index (Phi) is 5.10. The van der Waals surface area contributed by atoms with E-state index in [1.807, 2.05) is 13.8 Å². The molecule has 0 atom stereocenters. The summed E-state index contributed by atoms with van der Waals surface area (Å²) in [5, 5.41) is 14.1. The van der Waals surface area contributed by atoms with E-state index in [1.165, 1.54) is 0 Å². The summed E-state index contributed by atoms with van der Waals surface area (Å²) >= 11 is 0. The second kappa shape index (κ2) is 6.87. The van der Waals surface area contributed by atoms with Crippen LogP contribution in [0.1, 0.15) is 26.7 Å². The number of aromatic nitrogens is 2. The molecule has 0 unspecified atom stereocenters. The molecule has 2 aromatic rings. The van der Waals surface area contributed by atoms with Crippen LogP contribution in [0, 0.1) is 0 Å². The van der Waals surface area contributed by atoms with Gasteiger partial charge in [0, 0.05) is 18.0 Å². The van der Waals surface area contributed by atoms with Crippen molar-refractivity contribution in [1.29, 1.82) is 0 Å². The summed E-state index contributed by atoms with van der Waals surface area (Å²) in [7, 11) is 3.13. The molecule has 1 heterocycles. The van der Waals surface area contributed by atoms with Crippen molar-refractivity contribution in [2.45, 2.75) is 32.3 Å². The molecule has 7 heteroatoms. The molecule has 0 bridgehead atoms. The van der Waals surface area contributed by atoms with Gasteiger partial charge in [0.25, 0.3) is 0 Å². The highest BCUT2D eigenvalue weighted by molar-refractivity contribution is 5.91. The lowest BCUT2D eigenvalue weighted by Crippen LogP contribution is -2.35. The number of aliphatic hydroxyl groups is 1. The van der Waals surface area contributed by atoms with Crippen LogP contribution < -0.4 is 20.5 Å². The van der Waals surface area contributed by atoms with Crippen molar-refractivity contribution in [1.82, 2.24) is 9.97 Å². The summed E-state index contributed by atoms with van der Waals surface area (Å²) in [4.78, 5) is 8.69. The maximum absolute atomic E-state index is 10.3. The van der Waals surface area contributed by atoms with E-state index in [0.717, 1.165) is 0 Å². The number of nitrogen functional groups attached to an aromatic ring is 1. The Bertz CT molecular complexity index is 687. The highest BCUT2D eigenvalue weighted by atomic mass is 16.5. The molecule has 1 aromatic heterocycles. The van der Waals surface area contributed by atoms with Crippen LogP contribution in [0.4, 0.5) is 11.8 Å². The van der Waals surface area contributed by atoms with Crippen LogP contribution in [-0.4, -0.2) is 41.4 Å². The molecule has 0 aliphatic heterocycles.